The predicted molar refractivity (Wildman–Crippen MR) is 80.6 cm³/mol. The van der Waals surface area contributed by atoms with Gasteiger partial charge in [-0.1, -0.05) is 12.1 Å². The fourth-order valence-electron chi connectivity index (χ4n) is 1.97. The SMILES string of the molecule is COc1ccccc1-c1cc(Nc2cnc(C#N)cn2)n[nH]1. The normalized spacial score (nSPS) is 10.0. The summed E-state index contributed by atoms with van der Waals surface area (Å²) in [5.41, 5.74) is 2.00. The molecule has 0 saturated heterocycles. The lowest BCUT2D eigenvalue weighted by Crippen LogP contribution is -1.95. The molecule has 108 valence electrons. The van der Waals surface area contributed by atoms with Crippen molar-refractivity contribution >= 4 is 11.6 Å². The van der Waals surface area contributed by atoms with Crippen LogP contribution in [0.25, 0.3) is 11.3 Å². The van der Waals surface area contributed by atoms with Gasteiger partial charge in [0, 0.05) is 11.6 Å². The third-order valence-electron chi connectivity index (χ3n) is 3.00. The molecule has 2 aromatic heterocycles. The lowest BCUT2D eigenvalue weighted by atomic mass is 10.1. The summed E-state index contributed by atoms with van der Waals surface area (Å²) >= 11 is 0. The van der Waals surface area contributed by atoms with Crippen LogP contribution in [0.1, 0.15) is 5.69 Å². The molecule has 2 N–H and O–H groups in total. The largest absolute Gasteiger partial charge is 0.496 e. The number of anilines is 2. The molecule has 3 rings (SSSR count). The molecule has 0 bridgehead atoms. The molecule has 7 heteroatoms. The van der Waals surface area contributed by atoms with Crippen LogP contribution < -0.4 is 10.1 Å². The molecule has 7 nitrogen and oxygen atoms in total. The summed E-state index contributed by atoms with van der Waals surface area (Å²) in [5, 5.41) is 18.8. The molecule has 3 aromatic rings. The summed E-state index contributed by atoms with van der Waals surface area (Å²) in [6.07, 6.45) is 2.88. The first-order valence-corrected chi connectivity index (χ1v) is 6.48. The van der Waals surface area contributed by atoms with Crippen molar-refractivity contribution in [2.24, 2.45) is 0 Å². The second kappa shape index (κ2) is 5.93. The van der Waals surface area contributed by atoms with Crippen LogP contribution in [0.2, 0.25) is 0 Å². The van der Waals surface area contributed by atoms with Gasteiger partial charge in [0.15, 0.2) is 11.5 Å². The van der Waals surface area contributed by atoms with Gasteiger partial charge in [0.2, 0.25) is 0 Å². The number of hydrogen-bond donors (Lipinski definition) is 2. The van der Waals surface area contributed by atoms with E-state index in [1.54, 1.807) is 7.11 Å². The van der Waals surface area contributed by atoms with Gasteiger partial charge in [-0.25, -0.2) is 9.97 Å². The van der Waals surface area contributed by atoms with E-state index in [1.165, 1.54) is 12.4 Å². The summed E-state index contributed by atoms with van der Waals surface area (Å²) in [5.74, 6) is 1.87. The Morgan fingerprint density at radius 3 is 2.77 bits per heavy atom. The van der Waals surface area contributed by atoms with Crippen molar-refractivity contribution in [1.29, 1.82) is 5.26 Å². The molecule has 0 amide bonds. The van der Waals surface area contributed by atoms with E-state index in [2.05, 4.69) is 25.5 Å². The minimum Gasteiger partial charge on any atom is -0.496 e. The number of benzene rings is 1. The highest BCUT2D eigenvalue weighted by atomic mass is 16.5. The Kier molecular flexibility index (Phi) is 3.66. The highest BCUT2D eigenvalue weighted by molar-refractivity contribution is 5.70. The Labute approximate surface area is 126 Å². The summed E-state index contributed by atoms with van der Waals surface area (Å²) in [6.45, 7) is 0. The van der Waals surface area contributed by atoms with E-state index in [1.807, 2.05) is 36.4 Å². The number of hydrogen-bond acceptors (Lipinski definition) is 6. The number of aromatic amines is 1. The number of nitrogens with zero attached hydrogens (tertiary/aromatic N) is 4. The van der Waals surface area contributed by atoms with Gasteiger partial charge in [0.1, 0.15) is 17.6 Å². The molecular weight excluding hydrogens is 280 g/mol. The van der Waals surface area contributed by atoms with Gasteiger partial charge in [-0.05, 0) is 12.1 Å². The van der Waals surface area contributed by atoms with E-state index in [0.29, 0.717) is 11.6 Å². The molecule has 0 fully saturated rings. The molecule has 2 heterocycles. The van der Waals surface area contributed by atoms with E-state index < -0.39 is 0 Å². The molecule has 0 aliphatic heterocycles. The minimum atomic E-state index is 0.266. The van der Waals surface area contributed by atoms with Gasteiger partial charge in [-0.2, -0.15) is 10.4 Å². The third kappa shape index (κ3) is 2.71. The summed E-state index contributed by atoms with van der Waals surface area (Å²) in [6, 6.07) is 11.4. The molecule has 1 aromatic carbocycles. The standard InChI is InChI=1S/C15H12N6O/c1-22-13-5-3-2-4-11(13)12-6-14(21-20-12)19-15-9-17-10(7-16)8-18-15/h2-6,8-9H,1H3,(H2,18,19,20,21). The maximum absolute atomic E-state index is 8.69. The van der Waals surface area contributed by atoms with E-state index in [-0.39, 0.29) is 5.69 Å². The van der Waals surface area contributed by atoms with Crippen LogP contribution in [0, 0.1) is 11.3 Å². The second-order valence-electron chi connectivity index (χ2n) is 4.39. The number of para-hydroxylation sites is 1. The van der Waals surface area contributed by atoms with Crippen molar-refractivity contribution in [3.05, 3.63) is 48.4 Å². The number of ether oxygens (including phenoxy) is 1. The van der Waals surface area contributed by atoms with E-state index in [9.17, 15) is 0 Å². The van der Waals surface area contributed by atoms with Crippen molar-refractivity contribution < 1.29 is 4.74 Å². The zero-order valence-electron chi connectivity index (χ0n) is 11.7. The zero-order valence-corrected chi connectivity index (χ0v) is 11.7. The second-order valence-corrected chi connectivity index (χ2v) is 4.39. The highest BCUT2D eigenvalue weighted by Gasteiger charge is 2.09. The van der Waals surface area contributed by atoms with Gasteiger partial charge in [-0.15, -0.1) is 0 Å². The van der Waals surface area contributed by atoms with Crippen LogP contribution in [0.4, 0.5) is 11.6 Å². The molecule has 0 radical (unpaired) electrons. The van der Waals surface area contributed by atoms with Crippen molar-refractivity contribution in [2.75, 3.05) is 12.4 Å². The Hall–Kier alpha value is -3.40. The van der Waals surface area contributed by atoms with E-state index in [0.717, 1.165) is 17.0 Å². The average molecular weight is 292 g/mol. The number of aromatic nitrogens is 4. The molecule has 0 aliphatic carbocycles. The van der Waals surface area contributed by atoms with Gasteiger partial charge < -0.3 is 10.1 Å². The van der Waals surface area contributed by atoms with Crippen LogP contribution >= 0.6 is 0 Å². The third-order valence-corrected chi connectivity index (χ3v) is 3.00. The Morgan fingerprint density at radius 2 is 2.05 bits per heavy atom. The Balaban J connectivity index is 1.83. The zero-order chi connectivity index (χ0) is 15.4. The first kappa shape index (κ1) is 13.6. The quantitative estimate of drug-likeness (QED) is 0.766. The Bertz CT molecular complexity index is 819. The topological polar surface area (TPSA) is 99.5 Å². The van der Waals surface area contributed by atoms with Crippen molar-refractivity contribution in [2.45, 2.75) is 0 Å². The first-order valence-electron chi connectivity index (χ1n) is 6.48. The van der Waals surface area contributed by atoms with E-state index in [4.69, 9.17) is 10.00 Å². The van der Waals surface area contributed by atoms with Gasteiger partial charge in [-0.3, -0.25) is 5.10 Å². The molecule has 22 heavy (non-hydrogen) atoms. The van der Waals surface area contributed by atoms with Crippen LogP contribution in [0.5, 0.6) is 5.75 Å². The first-order chi connectivity index (χ1) is 10.8. The molecule has 0 spiro atoms. The van der Waals surface area contributed by atoms with Gasteiger partial charge in [0.05, 0.1) is 25.2 Å². The molecule has 0 unspecified atom stereocenters. The highest BCUT2D eigenvalue weighted by Crippen LogP contribution is 2.29. The minimum absolute atomic E-state index is 0.266. The summed E-state index contributed by atoms with van der Waals surface area (Å²) in [4.78, 5) is 8.03. The maximum atomic E-state index is 8.69. The van der Waals surface area contributed by atoms with Crippen LogP contribution in [-0.2, 0) is 0 Å². The van der Waals surface area contributed by atoms with Crippen LogP contribution in [0.3, 0.4) is 0 Å². The fourth-order valence-corrected chi connectivity index (χ4v) is 1.97. The van der Waals surface area contributed by atoms with Crippen molar-refractivity contribution in [1.82, 2.24) is 20.2 Å². The van der Waals surface area contributed by atoms with Crippen molar-refractivity contribution in [3.8, 4) is 23.1 Å². The van der Waals surface area contributed by atoms with Gasteiger partial charge >= 0.3 is 0 Å². The summed E-state index contributed by atoms with van der Waals surface area (Å²) in [7, 11) is 1.63. The van der Waals surface area contributed by atoms with Crippen molar-refractivity contribution in [3.63, 3.8) is 0 Å². The Morgan fingerprint density at radius 1 is 1.18 bits per heavy atom. The fraction of sp³-hybridized carbons (Fsp3) is 0.0667. The lowest BCUT2D eigenvalue weighted by molar-refractivity contribution is 0.416. The maximum Gasteiger partial charge on any atom is 0.158 e. The summed E-state index contributed by atoms with van der Waals surface area (Å²) < 4.78 is 5.33. The number of nitriles is 1. The molecule has 0 saturated carbocycles. The monoisotopic (exact) mass is 292 g/mol. The molecular formula is C15H12N6O. The lowest BCUT2D eigenvalue weighted by Gasteiger charge is -2.05. The van der Waals surface area contributed by atoms with Gasteiger partial charge in [0.25, 0.3) is 0 Å². The van der Waals surface area contributed by atoms with Crippen LogP contribution in [-0.4, -0.2) is 27.3 Å². The molecule has 0 aliphatic rings. The number of H-pyrrole nitrogens is 1. The number of rotatable bonds is 4. The van der Waals surface area contributed by atoms with E-state index >= 15 is 0 Å². The predicted octanol–water partition coefficient (Wildman–Crippen LogP) is 2.49. The van der Waals surface area contributed by atoms with Crippen LogP contribution in [0.15, 0.2) is 42.7 Å². The number of methoxy groups -OCH3 is 1. The molecule has 0 atom stereocenters. The number of nitrogens with one attached hydrogen (secondary N) is 2. The smallest absolute Gasteiger partial charge is 0.158 e. The average Bonchev–Trinajstić information content (AvgIpc) is 3.04.